The predicted molar refractivity (Wildman–Crippen MR) is 109 cm³/mol. The van der Waals surface area contributed by atoms with Crippen LogP contribution in [0.3, 0.4) is 0 Å². The maximum atomic E-state index is 13.0. The molecule has 0 aromatic rings. The third kappa shape index (κ3) is 9.06. The standard InChI is InChI=1S/C22H37F3O5/c1-8-15(4)16(5)11-21(7,14-20(6,9-2)10-3)18(27)29-12-17(26)13-30-19(28)22(23,24)25/h8,16-17,26H,9-14H2,1-7H3/b15-8-. The second-order valence-corrected chi connectivity index (χ2v) is 8.74. The zero-order valence-electron chi connectivity index (χ0n) is 19.2. The van der Waals surface area contributed by atoms with Crippen molar-refractivity contribution < 1.29 is 37.3 Å². The Morgan fingerprint density at radius 2 is 1.50 bits per heavy atom. The quantitative estimate of drug-likeness (QED) is 0.334. The fourth-order valence-corrected chi connectivity index (χ4v) is 3.44. The van der Waals surface area contributed by atoms with E-state index in [9.17, 15) is 27.9 Å². The van der Waals surface area contributed by atoms with Gasteiger partial charge in [-0.25, -0.2) is 4.79 Å². The predicted octanol–water partition coefficient (Wildman–Crippen LogP) is 5.21. The first kappa shape index (κ1) is 28.4. The Morgan fingerprint density at radius 1 is 1.03 bits per heavy atom. The Hall–Kier alpha value is -1.57. The van der Waals surface area contributed by atoms with Gasteiger partial charge < -0.3 is 14.6 Å². The summed E-state index contributed by atoms with van der Waals surface area (Å²) < 4.78 is 45.7. The van der Waals surface area contributed by atoms with Crippen LogP contribution in [0.25, 0.3) is 0 Å². The van der Waals surface area contributed by atoms with Gasteiger partial charge in [0, 0.05) is 0 Å². The normalized spacial score (nSPS) is 17.1. The number of hydrogen-bond acceptors (Lipinski definition) is 5. The van der Waals surface area contributed by atoms with Crippen molar-refractivity contribution in [1.29, 1.82) is 0 Å². The van der Waals surface area contributed by atoms with E-state index in [4.69, 9.17) is 4.74 Å². The van der Waals surface area contributed by atoms with E-state index in [0.717, 1.165) is 18.4 Å². The topological polar surface area (TPSA) is 72.8 Å². The van der Waals surface area contributed by atoms with Gasteiger partial charge in [-0.1, -0.05) is 52.2 Å². The molecule has 0 aliphatic heterocycles. The fraction of sp³-hybridized carbons (Fsp3) is 0.818. The molecule has 1 N–H and O–H groups in total. The van der Waals surface area contributed by atoms with Crippen LogP contribution in [0.2, 0.25) is 0 Å². The molecular formula is C22H37F3O5. The van der Waals surface area contributed by atoms with E-state index < -0.39 is 42.8 Å². The first-order chi connectivity index (χ1) is 13.6. The van der Waals surface area contributed by atoms with Gasteiger partial charge in [0.25, 0.3) is 0 Å². The van der Waals surface area contributed by atoms with Crippen molar-refractivity contribution in [3.05, 3.63) is 11.6 Å². The molecule has 0 heterocycles. The lowest BCUT2D eigenvalue weighted by Gasteiger charge is -2.39. The van der Waals surface area contributed by atoms with E-state index in [0.29, 0.717) is 12.8 Å². The Labute approximate surface area is 178 Å². The van der Waals surface area contributed by atoms with Gasteiger partial charge in [-0.05, 0) is 44.9 Å². The highest BCUT2D eigenvalue weighted by Gasteiger charge is 2.43. The molecule has 0 radical (unpaired) electrons. The van der Waals surface area contributed by atoms with Gasteiger partial charge in [-0.2, -0.15) is 13.2 Å². The summed E-state index contributed by atoms with van der Waals surface area (Å²) >= 11 is 0. The molecule has 0 saturated heterocycles. The number of esters is 2. The van der Waals surface area contributed by atoms with E-state index >= 15 is 0 Å². The van der Waals surface area contributed by atoms with Gasteiger partial charge in [0.2, 0.25) is 0 Å². The molecule has 0 fully saturated rings. The molecule has 0 aromatic heterocycles. The summed E-state index contributed by atoms with van der Waals surface area (Å²) in [4.78, 5) is 23.7. The molecule has 0 amide bonds. The molecule has 0 aliphatic carbocycles. The number of halogens is 3. The van der Waals surface area contributed by atoms with Crippen molar-refractivity contribution in [2.75, 3.05) is 13.2 Å². The molecule has 3 atom stereocenters. The van der Waals surface area contributed by atoms with Crippen molar-refractivity contribution in [2.45, 2.75) is 86.4 Å². The number of carbonyl (C=O) groups excluding carboxylic acids is 2. The minimum absolute atomic E-state index is 0.0851. The van der Waals surface area contributed by atoms with Crippen LogP contribution in [0, 0.1) is 16.7 Å². The average Bonchev–Trinajstić information content (AvgIpc) is 2.68. The monoisotopic (exact) mass is 438 g/mol. The minimum atomic E-state index is -5.14. The summed E-state index contributed by atoms with van der Waals surface area (Å²) in [5.74, 6) is -2.79. The number of aliphatic hydroxyl groups excluding tert-OH is 1. The number of allylic oxidation sites excluding steroid dienone is 2. The van der Waals surface area contributed by atoms with Crippen LogP contribution in [0.5, 0.6) is 0 Å². The number of hydrogen-bond donors (Lipinski definition) is 1. The minimum Gasteiger partial charge on any atom is -0.462 e. The van der Waals surface area contributed by atoms with Gasteiger partial charge in [0.15, 0.2) is 0 Å². The van der Waals surface area contributed by atoms with Crippen LogP contribution in [0.4, 0.5) is 13.2 Å². The van der Waals surface area contributed by atoms with E-state index in [2.05, 4.69) is 25.5 Å². The van der Waals surface area contributed by atoms with E-state index in [1.165, 1.54) is 0 Å². The highest BCUT2D eigenvalue weighted by atomic mass is 19.4. The smallest absolute Gasteiger partial charge is 0.462 e. The Kier molecular flexibility index (Phi) is 11.1. The Balaban J connectivity index is 5.22. The highest BCUT2D eigenvalue weighted by molar-refractivity contribution is 5.77. The van der Waals surface area contributed by atoms with Gasteiger partial charge in [-0.3, -0.25) is 4.79 Å². The SMILES string of the molecule is C/C=C(/C)C(C)CC(C)(CC(C)(CC)CC)C(=O)OCC(O)COC(=O)C(F)(F)F. The summed E-state index contributed by atoms with van der Waals surface area (Å²) in [5, 5.41) is 9.78. The van der Waals surface area contributed by atoms with Crippen LogP contribution in [-0.4, -0.2) is 42.5 Å². The Morgan fingerprint density at radius 3 is 1.90 bits per heavy atom. The third-order valence-corrected chi connectivity index (χ3v) is 6.05. The maximum Gasteiger partial charge on any atom is 0.490 e. The lowest BCUT2D eigenvalue weighted by atomic mass is 9.66. The molecule has 0 aliphatic rings. The van der Waals surface area contributed by atoms with E-state index in [1.54, 1.807) is 0 Å². The molecule has 8 heteroatoms. The summed E-state index contributed by atoms with van der Waals surface area (Å²) in [5.41, 5.74) is 0.216. The van der Waals surface area contributed by atoms with E-state index in [1.807, 2.05) is 33.8 Å². The van der Waals surface area contributed by atoms with Crippen molar-refractivity contribution in [2.24, 2.45) is 16.7 Å². The molecule has 5 nitrogen and oxygen atoms in total. The molecule has 0 spiro atoms. The third-order valence-electron chi connectivity index (χ3n) is 6.05. The first-order valence-electron chi connectivity index (χ1n) is 10.4. The summed E-state index contributed by atoms with van der Waals surface area (Å²) in [6.07, 6.45) is -1.82. The van der Waals surface area contributed by atoms with Crippen molar-refractivity contribution in [3.8, 4) is 0 Å². The van der Waals surface area contributed by atoms with Crippen LogP contribution < -0.4 is 0 Å². The van der Waals surface area contributed by atoms with Crippen LogP contribution in [0.15, 0.2) is 11.6 Å². The number of rotatable bonds is 12. The molecule has 0 bridgehead atoms. The summed E-state index contributed by atoms with van der Waals surface area (Å²) in [7, 11) is 0. The molecule has 30 heavy (non-hydrogen) atoms. The summed E-state index contributed by atoms with van der Waals surface area (Å²) in [6, 6.07) is 0. The van der Waals surface area contributed by atoms with Crippen LogP contribution in [-0.2, 0) is 19.1 Å². The molecule has 176 valence electrons. The lowest BCUT2D eigenvalue weighted by molar-refractivity contribution is -0.202. The zero-order chi connectivity index (χ0) is 23.8. The molecule has 0 rings (SSSR count). The number of ether oxygens (including phenoxy) is 2. The van der Waals surface area contributed by atoms with Crippen molar-refractivity contribution >= 4 is 11.9 Å². The first-order valence-corrected chi connectivity index (χ1v) is 10.4. The van der Waals surface area contributed by atoms with Gasteiger partial charge in [-0.15, -0.1) is 0 Å². The maximum absolute atomic E-state index is 13.0. The van der Waals surface area contributed by atoms with E-state index in [-0.39, 0.29) is 11.3 Å². The fourth-order valence-electron chi connectivity index (χ4n) is 3.44. The van der Waals surface area contributed by atoms with Crippen LogP contribution >= 0.6 is 0 Å². The second kappa shape index (κ2) is 11.7. The molecule has 3 unspecified atom stereocenters. The summed E-state index contributed by atoms with van der Waals surface area (Å²) in [6.45, 7) is 12.6. The number of carbonyl (C=O) groups is 2. The van der Waals surface area contributed by atoms with Gasteiger partial charge in [0.05, 0.1) is 5.41 Å². The lowest BCUT2D eigenvalue weighted by Crippen LogP contribution is -2.39. The van der Waals surface area contributed by atoms with Gasteiger partial charge in [0.1, 0.15) is 19.3 Å². The largest absolute Gasteiger partial charge is 0.490 e. The Bertz CT molecular complexity index is 596. The molecule has 0 aromatic carbocycles. The second-order valence-electron chi connectivity index (χ2n) is 8.74. The van der Waals surface area contributed by atoms with Crippen LogP contribution in [0.1, 0.15) is 74.1 Å². The number of aliphatic hydroxyl groups is 1. The number of alkyl halides is 3. The average molecular weight is 439 g/mol. The highest BCUT2D eigenvalue weighted by Crippen LogP contribution is 2.44. The molecule has 0 saturated carbocycles. The van der Waals surface area contributed by atoms with Crippen molar-refractivity contribution in [3.63, 3.8) is 0 Å². The zero-order valence-corrected chi connectivity index (χ0v) is 19.2. The molecular weight excluding hydrogens is 401 g/mol. The van der Waals surface area contributed by atoms with Gasteiger partial charge >= 0.3 is 18.1 Å². The van der Waals surface area contributed by atoms with Crippen molar-refractivity contribution in [1.82, 2.24) is 0 Å².